The molecule has 1 amide bonds. The number of carbonyl (C=O) groups is 1. The largest absolute Gasteiger partial charge is 0.494 e. The molecule has 0 bridgehead atoms. The van der Waals surface area contributed by atoms with Crippen LogP contribution in [0.3, 0.4) is 0 Å². The van der Waals surface area contributed by atoms with Gasteiger partial charge in [0.2, 0.25) is 5.91 Å². The SMILES string of the molecule is COc1cccc2c(OC3CCN(CC(=O)N4C[C@@H](F)C[C@H]4C)CC3)ccnc12. The normalized spacial score (nSPS) is 23.5. The van der Waals surface area contributed by atoms with Crippen molar-refractivity contribution >= 4 is 16.8 Å². The van der Waals surface area contributed by atoms with Crippen molar-refractivity contribution in [3.05, 3.63) is 30.5 Å². The predicted molar refractivity (Wildman–Crippen MR) is 109 cm³/mol. The molecule has 3 heterocycles. The van der Waals surface area contributed by atoms with E-state index in [4.69, 9.17) is 9.47 Å². The number of hydrogen-bond donors (Lipinski definition) is 0. The summed E-state index contributed by atoms with van der Waals surface area (Å²) in [5.74, 6) is 1.57. The third kappa shape index (κ3) is 4.29. The van der Waals surface area contributed by atoms with Gasteiger partial charge in [-0.05, 0) is 38.0 Å². The quantitative estimate of drug-likeness (QED) is 0.771. The van der Waals surface area contributed by atoms with Crippen LogP contribution in [0.15, 0.2) is 30.5 Å². The maximum Gasteiger partial charge on any atom is 0.237 e. The molecule has 29 heavy (non-hydrogen) atoms. The number of nitrogens with zero attached hydrogens (tertiary/aromatic N) is 3. The number of ether oxygens (including phenoxy) is 2. The van der Waals surface area contributed by atoms with E-state index in [1.807, 2.05) is 31.2 Å². The Balaban J connectivity index is 1.34. The number of methoxy groups -OCH3 is 1. The van der Waals surface area contributed by atoms with Crippen LogP contribution in [0, 0.1) is 0 Å². The maximum atomic E-state index is 13.5. The van der Waals surface area contributed by atoms with Crippen molar-refractivity contribution in [3.8, 4) is 11.5 Å². The van der Waals surface area contributed by atoms with Crippen LogP contribution >= 0.6 is 0 Å². The Morgan fingerprint density at radius 1 is 1.24 bits per heavy atom. The molecule has 0 spiro atoms. The van der Waals surface area contributed by atoms with E-state index in [1.165, 1.54) is 0 Å². The standard InChI is InChI=1S/C22H28FN3O3/c1-15-12-16(23)13-26(15)21(27)14-25-10-7-17(8-11-25)29-19-6-9-24-22-18(19)4-3-5-20(22)28-2/h3-6,9,15-17H,7-8,10-14H2,1-2H3/t15-,16+/m1/s1. The summed E-state index contributed by atoms with van der Waals surface area (Å²) >= 11 is 0. The molecular formula is C22H28FN3O3. The van der Waals surface area contributed by atoms with E-state index in [-0.39, 0.29) is 24.6 Å². The summed E-state index contributed by atoms with van der Waals surface area (Å²) in [6.45, 7) is 4.11. The number of likely N-dealkylation sites (tertiary alicyclic amines) is 2. The highest BCUT2D eigenvalue weighted by atomic mass is 19.1. The second-order valence-corrected chi connectivity index (χ2v) is 7.99. The number of piperidine rings is 1. The van der Waals surface area contributed by atoms with Gasteiger partial charge < -0.3 is 14.4 Å². The molecule has 2 fully saturated rings. The van der Waals surface area contributed by atoms with Gasteiger partial charge in [-0.15, -0.1) is 0 Å². The lowest BCUT2D eigenvalue weighted by Gasteiger charge is -2.33. The Kier molecular flexibility index (Phi) is 5.85. The number of alkyl halides is 1. The minimum absolute atomic E-state index is 0.00432. The molecule has 156 valence electrons. The molecule has 4 rings (SSSR count). The number of aromatic nitrogens is 1. The van der Waals surface area contributed by atoms with Gasteiger partial charge in [-0.25, -0.2) is 4.39 Å². The summed E-state index contributed by atoms with van der Waals surface area (Å²) in [6, 6.07) is 7.70. The fraction of sp³-hybridized carbons (Fsp3) is 0.545. The molecule has 0 radical (unpaired) electrons. The fourth-order valence-corrected chi connectivity index (χ4v) is 4.35. The van der Waals surface area contributed by atoms with E-state index in [0.29, 0.717) is 13.0 Å². The van der Waals surface area contributed by atoms with Gasteiger partial charge in [0.25, 0.3) is 0 Å². The number of rotatable bonds is 5. The maximum absolute atomic E-state index is 13.5. The average Bonchev–Trinajstić information content (AvgIpc) is 3.07. The number of halogens is 1. The van der Waals surface area contributed by atoms with E-state index in [9.17, 15) is 9.18 Å². The fourth-order valence-electron chi connectivity index (χ4n) is 4.35. The molecule has 0 N–H and O–H groups in total. The lowest BCUT2D eigenvalue weighted by molar-refractivity contribution is -0.133. The van der Waals surface area contributed by atoms with Crippen LogP contribution in [0.4, 0.5) is 4.39 Å². The lowest BCUT2D eigenvalue weighted by atomic mass is 10.1. The summed E-state index contributed by atoms with van der Waals surface area (Å²) in [5.41, 5.74) is 0.793. The first kappa shape index (κ1) is 19.9. The molecule has 0 aliphatic carbocycles. The van der Waals surface area contributed by atoms with E-state index < -0.39 is 6.17 Å². The van der Waals surface area contributed by atoms with Crippen LogP contribution in [0.1, 0.15) is 26.2 Å². The van der Waals surface area contributed by atoms with Crippen molar-refractivity contribution in [2.45, 2.75) is 44.5 Å². The zero-order chi connectivity index (χ0) is 20.4. The molecule has 0 saturated carbocycles. The highest BCUT2D eigenvalue weighted by molar-refractivity contribution is 5.89. The molecule has 2 aliphatic heterocycles. The molecule has 2 aliphatic rings. The molecule has 6 nitrogen and oxygen atoms in total. The Morgan fingerprint density at radius 2 is 2.03 bits per heavy atom. The summed E-state index contributed by atoms with van der Waals surface area (Å²) in [5, 5.41) is 0.938. The van der Waals surface area contributed by atoms with Crippen LogP contribution in [0.25, 0.3) is 10.9 Å². The van der Waals surface area contributed by atoms with Crippen molar-refractivity contribution in [2.75, 3.05) is 33.3 Å². The van der Waals surface area contributed by atoms with Crippen LogP contribution in [-0.4, -0.2) is 72.3 Å². The zero-order valence-electron chi connectivity index (χ0n) is 17.0. The number of fused-ring (bicyclic) bond motifs is 1. The zero-order valence-corrected chi connectivity index (χ0v) is 17.0. The molecule has 1 aromatic heterocycles. The highest BCUT2D eigenvalue weighted by Gasteiger charge is 2.33. The minimum Gasteiger partial charge on any atom is -0.494 e. The first-order valence-electron chi connectivity index (χ1n) is 10.3. The molecule has 2 saturated heterocycles. The van der Waals surface area contributed by atoms with Crippen molar-refractivity contribution in [2.24, 2.45) is 0 Å². The van der Waals surface area contributed by atoms with Gasteiger partial charge in [0.05, 0.1) is 20.2 Å². The third-order valence-electron chi connectivity index (χ3n) is 5.95. The Hall–Kier alpha value is -2.41. The molecule has 2 aromatic rings. The Morgan fingerprint density at radius 3 is 2.72 bits per heavy atom. The predicted octanol–water partition coefficient (Wildman–Crippen LogP) is 3.05. The van der Waals surface area contributed by atoms with E-state index in [2.05, 4.69) is 9.88 Å². The number of hydrogen-bond acceptors (Lipinski definition) is 5. The van der Waals surface area contributed by atoms with Crippen molar-refractivity contribution in [3.63, 3.8) is 0 Å². The molecule has 1 aromatic carbocycles. The molecule has 7 heteroatoms. The number of amides is 1. The first-order valence-corrected chi connectivity index (χ1v) is 10.3. The summed E-state index contributed by atoms with van der Waals surface area (Å²) < 4.78 is 25.2. The molecule has 0 unspecified atom stereocenters. The molecule has 2 atom stereocenters. The third-order valence-corrected chi connectivity index (χ3v) is 5.95. The van der Waals surface area contributed by atoms with Crippen LogP contribution in [0.2, 0.25) is 0 Å². The van der Waals surface area contributed by atoms with Gasteiger partial charge in [0, 0.05) is 37.1 Å². The number of benzene rings is 1. The number of pyridine rings is 1. The summed E-state index contributed by atoms with van der Waals surface area (Å²) in [4.78, 5) is 20.8. The second-order valence-electron chi connectivity index (χ2n) is 7.99. The van der Waals surface area contributed by atoms with Gasteiger partial charge >= 0.3 is 0 Å². The summed E-state index contributed by atoms with van der Waals surface area (Å²) in [7, 11) is 1.64. The van der Waals surface area contributed by atoms with Crippen LogP contribution in [-0.2, 0) is 4.79 Å². The Bertz CT molecular complexity index is 870. The topological polar surface area (TPSA) is 54.9 Å². The van der Waals surface area contributed by atoms with Gasteiger partial charge in [-0.1, -0.05) is 6.07 Å². The van der Waals surface area contributed by atoms with Gasteiger partial charge in [0.15, 0.2) is 0 Å². The van der Waals surface area contributed by atoms with Gasteiger partial charge in [-0.3, -0.25) is 14.7 Å². The lowest BCUT2D eigenvalue weighted by Crippen LogP contribution is -2.46. The van der Waals surface area contributed by atoms with Crippen LogP contribution in [0.5, 0.6) is 11.5 Å². The van der Waals surface area contributed by atoms with Crippen molar-refractivity contribution in [1.29, 1.82) is 0 Å². The van der Waals surface area contributed by atoms with E-state index in [1.54, 1.807) is 18.2 Å². The monoisotopic (exact) mass is 401 g/mol. The minimum atomic E-state index is -0.887. The first-order chi connectivity index (χ1) is 14.0. The average molecular weight is 401 g/mol. The second kappa shape index (κ2) is 8.53. The van der Waals surface area contributed by atoms with Crippen molar-refractivity contribution < 1.29 is 18.7 Å². The Labute approximate surface area is 170 Å². The number of para-hydroxylation sites is 1. The summed E-state index contributed by atoms with van der Waals surface area (Å²) in [6.07, 6.45) is 3.10. The van der Waals surface area contributed by atoms with Crippen molar-refractivity contribution in [1.82, 2.24) is 14.8 Å². The highest BCUT2D eigenvalue weighted by Crippen LogP contribution is 2.31. The number of carbonyl (C=O) groups excluding carboxylic acids is 1. The van der Waals surface area contributed by atoms with Crippen LogP contribution < -0.4 is 9.47 Å². The van der Waals surface area contributed by atoms with Gasteiger partial charge in [-0.2, -0.15) is 0 Å². The smallest absolute Gasteiger partial charge is 0.237 e. The van der Waals surface area contributed by atoms with Gasteiger partial charge in [0.1, 0.15) is 29.3 Å². The molecular weight excluding hydrogens is 373 g/mol. The van der Waals surface area contributed by atoms with E-state index in [0.717, 1.165) is 48.3 Å². The van der Waals surface area contributed by atoms with E-state index >= 15 is 0 Å².